The number of carbonyl (C=O) groups is 1. The van der Waals surface area contributed by atoms with Gasteiger partial charge in [-0.2, -0.15) is 15.3 Å². The van der Waals surface area contributed by atoms with Crippen molar-refractivity contribution >= 4 is 46.3 Å². The summed E-state index contributed by atoms with van der Waals surface area (Å²) in [6.45, 7) is 0. The third kappa shape index (κ3) is 3.47. The second kappa shape index (κ2) is 6.98. The quantitative estimate of drug-likeness (QED) is 0.512. The number of carbonyl (C=O) groups excluding carboxylic acids is 1. The van der Waals surface area contributed by atoms with Crippen LogP contribution in [-0.2, 0) is 0 Å². The highest BCUT2D eigenvalue weighted by molar-refractivity contribution is 6.32. The van der Waals surface area contributed by atoms with E-state index in [-0.39, 0.29) is 0 Å². The van der Waals surface area contributed by atoms with Crippen molar-refractivity contribution in [1.29, 1.82) is 0 Å². The number of pyridine rings is 1. The molecule has 0 saturated heterocycles. The minimum absolute atomic E-state index is 0.299. The summed E-state index contributed by atoms with van der Waals surface area (Å²) in [6.07, 6.45) is 9.81. The summed E-state index contributed by atoms with van der Waals surface area (Å²) in [5.74, 6) is 0.690. The average Bonchev–Trinajstić information content (AvgIpc) is 3.21. The zero-order chi connectivity index (χ0) is 20.0. The number of rotatable bonds is 4. The van der Waals surface area contributed by atoms with E-state index in [1.54, 1.807) is 23.0 Å². The zero-order valence-corrected chi connectivity index (χ0v) is 16.3. The second-order valence-electron chi connectivity index (χ2n) is 6.51. The highest BCUT2D eigenvalue weighted by atomic mass is 35.5. The highest BCUT2D eigenvalue weighted by Crippen LogP contribution is 2.45. The van der Waals surface area contributed by atoms with Gasteiger partial charge in [0.2, 0.25) is 0 Å². The number of imidazole rings is 1. The third-order valence-electron chi connectivity index (χ3n) is 4.42. The number of amides is 2. The molecule has 1 saturated carbocycles. The van der Waals surface area contributed by atoms with Crippen LogP contribution in [-0.4, -0.2) is 40.6 Å². The highest BCUT2D eigenvalue weighted by Gasteiger charge is 2.30. The number of hydrogen-bond acceptors (Lipinski definition) is 6. The maximum atomic E-state index is 12.5. The SMILES string of the molecule is O=C(Nc1cnc(-n2nccn2)c(Cl)c1)Nc1cnn2cc(Cl)nc2c1C1CC1. The monoisotopic (exact) mass is 429 g/mol. The number of urea groups is 1. The van der Waals surface area contributed by atoms with E-state index in [9.17, 15) is 4.79 Å². The summed E-state index contributed by atoms with van der Waals surface area (Å²) >= 11 is 12.2. The Labute approximate surface area is 173 Å². The predicted molar refractivity (Wildman–Crippen MR) is 107 cm³/mol. The van der Waals surface area contributed by atoms with Crippen LogP contribution in [0.5, 0.6) is 0 Å². The summed E-state index contributed by atoms with van der Waals surface area (Å²) in [4.78, 5) is 22.4. The fraction of sp³-hybridized carbons (Fsp3) is 0.176. The Morgan fingerprint density at radius 1 is 1.10 bits per heavy atom. The van der Waals surface area contributed by atoms with E-state index in [1.807, 2.05) is 0 Å². The van der Waals surface area contributed by atoms with Crippen molar-refractivity contribution in [3.05, 3.63) is 52.8 Å². The molecule has 2 amide bonds. The van der Waals surface area contributed by atoms with Crippen LogP contribution in [0.4, 0.5) is 16.2 Å². The number of nitrogens with one attached hydrogen (secondary N) is 2. The lowest BCUT2D eigenvalue weighted by atomic mass is 10.1. The van der Waals surface area contributed by atoms with Gasteiger partial charge < -0.3 is 10.6 Å². The Morgan fingerprint density at radius 2 is 1.90 bits per heavy atom. The van der Waals surface area contributed by atoms with Gasteiger partial charge in [-0.1, -0.05) is 23.2 Å². The molecular formula is C17H13Cl2N9O. The van der Waals surface area contributed by atoms with Gasteiger partial charge in [0.15, 0.2) is 11.5 Å². The molecule has 29 heavy (non-hydrogen) atoms. The molecule has 1 fully saturated rings. The van der Waals surface area contributed by atoms with Crippen LogP contribution in [0.25, 0.3) is 11.5 Å². The van der Waals surface area contributed by atoms with Gasteiger partial charge >= 0.3 is 6.03 Å². The molecule has 0 atom stereocenters. The van der Waals surface area contributed by atoms with Gasteiger partial charge in [0.1, 0.15) is 5.15 Å². The Hall–Kier alpha value is -3.24. The van der Waals surface area contributed by atoms with Gasteiger partial charge in [-0.25, -0.2) is 19.3 Å². The van der Waals surface area contributed by atoms with Crippen molar-refractivity contribution in [2.45, 2.75) is 18.8 Å². The first-order valence-corrected chi connectivity index (χ1v) is 9.48. The Bertz CT molecular complexity index is 1220. The van der Waals surface area contributed by atoms with Crippen molar-refractivity contribution in [3.8, 4) is 5.82 Å². The molecule has 0 spiro atoms. The lowest BCUT2D eigenvalue weighted by Crippen LogP contribution is -2.21. The van der Waals surface area contributed by atoms with Crippen LogP contribution in [0.2, 0.25) is 10.2 Å². The summed E-state index contributed by atoms with van der Waals surface area (Å²) in [6, 6.07) is 1.13. The molecule has 146 valence electrons. The number of halogens is 2. The second-order valence-corrected chi connectivity index (χ2v) is 7.30. The number of hydrogen-bond donors (Lipinski definition) is 2. The molecule has 0 bridgehead atoms. The van der Waals surface area contributed by atoms with Gasteiger partial charge in [-0.15, -0.1) is 4.80 Å². The Kier molecular flexibility index (Phi) is 4.29. The summed E-state index contributed by atoms with van der Waals surface area (Å²) in [5.41, 5.74) is 2.60. The van der Waals surface area contributed by atoms with E-state index in [4.69, 9.17) is 23.2 Å². The van der Waals surface area contributed by atoms with Crippen molar-refractivity contribution in [1.82, 2.24) is 34.6 Å². The van der Waals surface area contributed by atoms with E-state index in [0.717, 1.165) is 18.4 Å². The van der Waals surface area contributed by atoms with Gasteiger partial charge in [-0.05, 0) is 24.8 Å². The lowest BCUT2D eigenvalue weighted by molar-refractivity contribution is 0.262. The smallest absolute Gasteiger partial charge is 0.306 e. The molecule has 0 unspecified atom stereocenters. The number of anilines is 2. The topological polar surface area (TPSA) is 115 Å². The third-order valence-corrected chi connectivity index (χ3v) is 4.88. The van der Waals surface area contributed by atoms with Crippen LogP contribution in [0.15, 0.2) is 37.1 Å². The standard InChI is InChI=1S/C17H13Cl2N9O/c18-11-5-10(6-20-15(11)28-21-3-4-22-28)24-17(29)25-12-7-23-27-8-13(19)26-16(27)14(12)9-1-2-9/h3-9H,1-2H2,(H2,24,25,29). The molecule has 2 N–H and O–H groups in total. The van der Waals surface area contributed by atoms with E-state index in [1.165, 1.54) is 23.4 Å². The van der Waals surface area contributed by atoms with E-state index in [2.05, 4.69) is 35.9 Å². The lowest BCUT2D eigenvalue weighted by Gasteiger charge is -2.12. The molecule has 0 radical (unpaired) electrons. The molecule has 0 aliphatic heterocycles. The van der Waals surface area contributed by atoms with Crippen molar-refractivity contribution < 1.29 is 4.79 Å². The summed E-state index contributed by atoms with van der Waals surface area (Å²) in [7, 11) is 0. The summed E-state index contributed by atoms with van der Waals surface area (Å²) in [5, 5.41) is 18.4. The average molecular weight is 430 g/mol. The van der Waals surface area contributed by atoms with Gasteiger partial charge in [-0.3, -0.25) is 0 Å². The van der Waals surface area contributed by atoms with Crippen LogP contribution in [0.1, 0.15) is 24.3 Å². The Morgan fingerprint density at radius 3 is 2.62 bits per heavy atom. The van der Waals surface area contributed by atoms with Gasteiger partial charge in [0.25, 0.3) is 0 Å². The predicted octanol–water partition coefficient (Wildman–Crippen LogP) is 3.53. The molecule has 12 heteroatoms. The van der Waals surface area contributed by atoms with Crippen molar-refractivity contribution in [2.75, 3.05) is 10.6 Å². The first-order valence-electron chi connectivity index (χ1n) is 8.72. The maximum absolute atomic E-state index is 12.5. The van der Waals surface area contributed by atoms with Crippen LogP contribution in [0.3, 0.4) is 0 Å². The number of fused-ring (bicyclic) bond motifs is 1. The zero-order valence-electron chi connectivity index (χ0n) is 14.8. The fourth-order valence-electron chi connectivity index (χ4n) is 3.05. The fourth-order valence-corrected chi connectivity index (χ4v) is 3.47. The molecule has 0 aromatic carbocycles. The molecule has 4 aromatic rings. The molecule has 1 aliphatic carbocycles. The van der Waals surface area contributed by atoms with Gasteiger partial charge in [0, 0.05) is 5.56 Å². The molecular weight excluding hydrogens is 417 g/mol. The Balaban J connectivity index is 1.37. The van der Waals surface area contributed by atoms with Crippen molar-refractivity contribution in [3.63, 3.8) is 0 Å². The minimum Gasteiger partial charge on any atom is -0.306 e. The maximum Gasteiger partial charge on any atom is 0.323 e. The van der Waals surface area contributed by atoms with Crippen LogP contribution in [0, 0.1) is 0 Å². The largest absolute Gasteiger partial charge is 0.323 e. The van der Waals surface area contributed by atoms with E-state index < -0.39 is 6.03 Å². The molecule has 5 rings (SSSR count). The summed E-state index contributed by atoms with van der Waals surface area (Å²) < 4.78 is 1.62. The minimum atomic E-state index is -0.446. The number of aromatic nitrogens is 7. The first kappa shape index (κ1) is 17.8. The molecule has 1 aliphatic rings. The normalized spacial score (nSPS) is 13.6. The van der Waals surface area contributed by atoms with Gasteiger partial charge in [0.05, 0.1) is 47.4 Å². The number of nitrogens with zero attached hydrogens (tertiary/aromatic N) is 7. The van der Waals surface area contributed by atoms with E-state index in [0.29, 0.717) is 38.9 Å². The van der Waals surface area contributed by atoms with Crippen LogP contribution < -0.4 is 10.6 Å². The first-order chi connectivity index (χ1) is 14.1. The van der Waals surface area contributed by atoms with Crippen LogP contribution >= 0.6 is 23.2 Å². The van der Waals surface area contributed by atoms with E-state index >= 15 is 0 Å². The molecule has 4 heterocycles. The molecule has 4 aromatic heterocycles. The van der Waals surface area contributed by atoms with Crippen molar-refractivity contribution in [2.24, 2.45) is 0 Å². The molecule has 10 nitrogen and oxygen atoms in total.